The highest BCUT2D eigenvalue weighted by atomic mass is 16.5. The molecule has 1 amide bonds. The van der Waals surface area contributed by atoms with Gasteiger partial charge in [-0.1, -0.05) is 0 Å². The van der Waals surface area contributed by atoms with Crippen molar-refractivity contribution in [3.63, 3.8) is 0 Å². The van der Waals surface area contributed by atoms with E-state index in [0.717, 1.165) is 23.6 Å². The summed E-state index contributed by atoms with van der Waals surface area (Å²) < 4.78 is 11.3. The Bertz CT molecular complexity index is 718. The van der Waals surface area contributed by atoms with Gasteiger partial charge in [0.15, 0.2) is 0 Å². The molecule has 3 heterocycles. The average Bonchev–Trinajstić information content (AvgIpc) is 3.03. The Hall–Kier alpha value is -2.37. The van der Waals surface area contributed by atoms with Gasteiger partial charge in [-0.25, -0.2) is 9.97 Å². The van der Waals surface area contributed by atoms with Crippen molar-refractivity contribution in [2.45, 2.75) is 40.2 Å². The van der Waals surface area contributed by atoms with Crippen LogP contribution in [0.25, 0.3) is 0 Å². The third kappa shape index (κ3) is 3.36. The van der Waals surface area contributed by atoms with Crippen molar-refractivity contribution < 1.29 is 13.9 Å². The van der Waals surface area contributed by atoms with Gasteiger partial charge in [0.1, 0.15) is 17.6 Å². The summed E-state index contributed by atoms with van der Waals surface area (Å²) in [5.74, 6) is 1.41. The highest BCUT2D eigenvalue weighted by molar-refractivity contribution is 5.95. The van der Waals surface area contributed by atoms with E-state index in [0.29, 0.717) is 30.4 Å². The summed E-state index contributed by atoms with van der Waals surface area (Å²) in [6, 6.07) is 4.08. The number of furan rings is 1. The van der Waals surface area contributed by atoms with Crippen LogP contribution in [0.4, 0.5) is 0 Å². The summed E-state index contributed by atoms with van der Waals surface area (Å²) in [5, 5.41) is 0. The molecule has 0 radical (unpaired) electrons. The lowest BCUT2D eigenvalue weighted by Crippen LogP contribution is -2.31. The molecule has 2 aromatic heterocycles. The van der Waals surface area contributed by atoms with Gasteiger partial charge < -0.3 is 14.1 Å². The number of aromatic nitrogens is 2. The largest absolute Gasteiger partial charge is 0.466 e. The molecular weight excluding hydrogens is 294 g/mol. The molecule has 0 bridgehead atoms. The Morgan fingerprint density at radius 1 is 1.22 bits per heavy atom. The van der Waals surface area contributed by atoms with Crippen molar-refractivity contribution in [3.8, 4) is 6.01 Å². The van der Waals surface area contributed by atoms with Gasteiger partial charge in [-0.05, 0) is 39.8 Å². The number of carbonyl (C=O) groups is 1. The van der Waals surface area contributed by atoms with Crippen LogP contribution in [0.2, 0.25) is 0 Å². The molecule has 0 aliphatic carbocycles. The maximum Gasteiger partial charge on any atom is 0.317 e. The fraction of sp³-hybridized carbons (Fsp3) is 0.471. The normalized spacial score (nSPS) is 17.6. The van der Waals surface area contributed by atoms with Crippen LogP contribution in [0.3, 0.4) is 0 Å². The van der Waals surface area contributed by atoms with Gasteiger partial charge in [0, 0.05) is 24.4 Å². The standard InChI is InChI=1S/C17H21N3O3/c1-10-7-11(2)19-17(18-10)23-14-5-6-20(9-14)16(21)15-8-12(3)22-13(15)4/h7-8,14H,5-6,9H2,1-4H3/t14-/m1/s1. The Morgan fingerprint density at radius 2 is 1.91 bits per heavy atom. The maximum absolute atomic E-state index is 12.6. The molecule has 1 fully saturated rings. The summed E-state index contributed by atoms with van der Waals surface area (Å²) in [5.41, 5.74) is 2.39. The van der Waals surface area contributed by atoms with Crippen LogP contribution in [-0.4, -0.2) is 40.0 Å². The number of ether oxygens (including phenoxy) is 1. The lowest BCUT2D eigenvalue weighted by molar-refractivity contribution is 0.0768. The first kappa shape index (κ1) is 15.5. The minimum atomic E-state index is -0.0755. The summed E-state index contributed by atoms with van der Waals surface area (Å²) >= 11 is 0. The number of carbonyl (C=O) groups excluding carboxylic acids is 1. The van der Waals surface area contributed by atoms with Gasteiger partial charge in [0.2, 0.25) is 0 Å². The highest BCUT2D eigenvalue weighted by Crippen LogP contribution is 2.21. The van der Waals surface area contributed by atoms with E-state index in [1.54, 1.807) is 11.0 Å². The zero-order chi connectivity index (χ0) is 16.6. The van der Waals surface area contributed by atoms with Crippen LogP contribution >= 0.6 is 0 Å². The molecule has 0 spiro atoms. The number of likely N-dealkylation sites (tertiary alicyclic amines) is 1. The van der Waals surface area contributed by atoms with Gasteiger partial charge in [-0.2, -0.15) is 0 Å². The van der Waals surface area contributed by atoms with Crippen LogP contribution in [0.15, 0.2) is 16.5 Å². The second kappa shape index (κ2) is 6.02. The second-order valence-electron chi connectivity index (χ2n) is 6.04. The quantitative estimate of drug-likeness (QED) is 0.871. The predicted molar refractivity (Wildman–Crippen MR) is 84.6 cm³/mol. The lowest BCUT2D eigenvalue weighted by Gasteiger charge is -2.16. The van der Waals surface area contributed by atoms with Crippen molar-refractivity contribution in [2.75, 3.05) is 13.1 Å². The smallest absolute Gasteiger partial charge is 0.317 e. The fourth-order valence-electron chi connectivity index (χ4n) is 2.92. The fourth-order valence-corrected chi connectivity index (χ4v) is 2.92. The molecule has 1 aliphatic rings. The first-order valence-corrected chi connectivity index (χ1v) is 7.77. The van der Waals surface area contributed by atoms with E-state index in [1.165, 1.54) is 0 Å². The van der Waals surface area contributed by atoms with Crippen LogP contribution in [0, 0.1) is 27.7 Å². The van der Waals surface area contributed by atoms with Gasteiger partial charge in [-0.3, -0.25) is 4.79 Å². The number of nitrogens with zero attached hydrogens (tertiary/aromatic N) is 3. The van der Waals surface area contributed by atoms with E-state index in [1.807, 2.05) is 33.8 Å². The third-order valence-corrected chi connectivity index (χ3v) is 3.94. The summed E-state index contributed by atoms with van der Waals surface area (Å²) in [4.78, 5) is 22.9. The highest BCUT2D eigenvalue weighted by Gasteiger charge is 2.30. The SMILES string of the molecule is Cc1cc(C)nc(O[C@@H]2CCN(C(=O)c3cc(C)oc3C)C2)n1. The molecule has 0 aromatic carbocycles. The number of rotatable bonds is 3. The van der Waals surface area contributed by atoms with E-state index in [2.05, 4.69) is 9.97 Å². The summed E-state index contributed by atoms with van der Waals surface area (Å²) in [7, 11) is 0. The van der Waals surface area contributed by atoms with E-state index < -0.39 is 0 Å². The Balaban J connectivity index is 1.66. The Morgan fingerprint density at radius 3 is 2.52 bits per heavy atom. The van der Waals surface area contributed by atoms with Crippen molar-refractivity contribution in [1.82, 2.24) is 14.9 Å². The molecular formula is C17H21N3O3. The van der Waals surface area contributed by atoms with E-state index in [-0.39, 0.29) is 12.0 Å². The molecule has 0 N–H and O–H groups in total. The maximum atomic E-state index is 12.6. The van der Waals surface area contributed by atoms with Crippen molar-refractivity contribution in [3.05, 3.63) is 40.6 Å². The first-order chi connectivity index (χ1) is 10.9. The third-order valence-electron chi connectivity index (χ3n) is 3.94. The molecule has 0 unspecified atom stereocenters. The molecule has 6 nitrogen and oxygen atoms in total. The lowest BCUT2D eigenvalue weighted by atomic mass is 10.2. The minimum absolute atomic E-state index is 0.00760. The topological polar surface area (TPSA) is 68.5 Å². The molecule has 23 heavy (non-hydrogen) atoms. The molecule has 0 saturated carbocycles. The summed E-state index contributed by atoms with van der Waals surface area (Å²) in [6.07, 6.45) is 0.700. The van der Waals surface area contributed by atoms with E-state index in [4.69, 9.17) is 9.15 Å². The number of hydrogen-bond acceptors (Lipinski definition) is 5. The van der Waals surface area contributed by atoms with E-state index >= 15 is 0 Å². The van der Waals surface area contributed by atoms with Crippen LogP contribution in [0.5, 0.6) is 6.01 Å². The van der Waals surface area contributed by atoms with Crippen LogP contribution in [0.1, 0.15) is 39.7 Å². The zero-order valence-electron chi connectivity index (χ0n) is 13.9. The molecule has 3 rings (SSSR count). The van der Waals surface area contributed by atoms with Crippen LogP contribution < -0.4 is 4.74 Å². The molecule has 1 aliphatic heterocycles. The van der Waals surface area contributed by atoms with Crippen molar-refractivity contribution in [1.29, 1.82) is 0 Å². The molecule has 6 heteroatoms. The Kier molecular flexibility index (Phi) is 4.07. The number of hydrogen-bond donors (Lipinski definition) is 0. The minimum Gasteiger partial charge on any atom is -0.466 e. The van der Waals surface area contributed by atoms with Crippen molar-refractivity contribution >= 4 is 5.91 Å². The zero-order valence-corrected chi connectivity index (χ0v) is 13.9. The first-order valence-electron chi connectivity index (χ1n) is 7.77. The summed E-state index contributed by atoms with van der Waals surface area (Å²) in [6.45, 7) is 8.69. The Labute approximate surface area is 135 Å². The van der Waals surface area contributed by atoms with Gasteiger partial charge in [-0.15, -0.1) is 0 Å². The number of amides is 1. The monoisotopic (exact) mass is 315 g/mol. The second-order valence-corrected chi connectivity index (χ2v) is 6.04. The van der Waals surface area contributed by atoms with Crippen LogP contribution in [-0.2, 0) is 0 Å². The van der Waals surface area contributed by atoms with Crippen molar-refractivity contribution in [2.24, 2.45) is 0 Å². The number of aryl methyl sites for hydroxylation is 4. The van der Waals surface area contributed by atoms with Gasteiger partial charge in [0.25, 0.3) is 5.91 Å². The van der Waals surface area contributed by atoms with Gasteiger partial charge in [0.05, 0.1) is 12.1 Å². The molecule has 122 valence electrons. The molecule has 2 aromatic rings. The van der Waals surface area contributed by atoms with E-state index in [9.17, 15) is 4.79 Å². The average molecular weight is 315 g/mol. The molecule has 1 atom stereocenters. The molecule has 1 saturated heterocycles. The van der Waals surface area contributed by atoms with Gasteiger partial charge >= 0.3 is 6.01 Å². The predicted octanol–water partition coefficient (Wildman–Crippen LogP) is 2.60.